The molecule has 0 aliphatic carbocycles. The van der Waals surface area contributed by atoms with Gasteiger partial charge in [0.2, 0.25) is 0 Å². The summed E-state index contributed by atoms with van der Waals surface area (Å²) in [6.45, 7) is 0. The summed E-state index contributed by atoms with van der Waals surface area (Å²) in [5.74, 6) is 0. The van der Waals surface area contributed by atoms with Crippen molar-refractivity contribution in [2.45, 2.75) is 0 Å². The van der Waals surface area contributed by atoms with Crippen LogP contribution < -0.4 is 0 Å². The lowest BCUT2D eigenvalue weighted by Crippen LogP contribution is -1.91. The van der Waals surface area contributed by atoms with Gasteiger partial charge in [-0.15, -0.1) is 0 Å². The molecule has 85 valence electrons. The summed E-state index contributed by atoms with van der Waals surface area (Å²) < 4.78 is 0. The van der Waals surface area contributed by atoms with E-state index in [1.807, 2.05) is 30.3 Å². The van der Waals surface area contributed by atoms with Gasteiger partial charge in [-0.3, -0.25) is 15.0 Å². The van der Waals surface area contributed by atoms with E-state index in [4.69, 9.17) is 0 Å². The molecule has 0 fully saturated rings. The van der Waals surface area contributed by atoms with E-state index in [2.05, 4.69) is 21.0 Å². The molecule has 0 saturated carbocycles. The fraction of sp³-hybridized carbons (Fsp3) is 0. The third-order valence-corrected chi connectivity index (χ3v) is 2.60. The summed E-state index contributed by atoms with van der Waals surface area (Å²) >= 11 is 0. The molecule has 3 aromatic heterocycles. The smallest absolute Gasteiger partial charge is 0.0817 e. The van der Waals surface area contributed by atoms with Crippen LogP contribution in [0, 0.1) is 6.07 Å². The molecule has 3 heterocycles. The molecule has 0 N–H and O–H groups in total. The van der Waals surface area contributed by atoms with Gasteiger partial charge in [0.1, 0.15) is 0 Å². The van der Waals surface area contributed by atoms with Crippen LogP contribution in [0.3, 0.4) is 0 Å². The average Bonchev–Trinajstić information content (AvgIpc) is 2.49. The van der Waals surface area contributed by atoms with Crippen LogP contribution in [-0.2, 0) is 0 Å². The van der Waals surface area contributed by atoms with Gasteiger partial charge in [0.05, 0.1) is 11.4 Å². The Hall–Kier alpha value is -2.55. The molecule has 0 spiro atoms. The fourth-order valence-corrected chi connectivity index (χ4v) is 1.79. The Balaban J connectivity index is 2.18. The van der Waals surface area contributed by atoms with Gasteiger partial charge in [-0.25, -0.2) is 0 Å². The number of hydrogen-bond donors (Lipinski definition) is 0. The minimum atomic E-state index is 0.851. The third-order valence-electron chi connectivity index (χ3n) is 2.60. The minimum Gasteiger partial charge on any atom is -0.264 e. The van der Waals surface area contributed by atoms with Crippen LogP contribution in [0.25, 0.3) is 22.5 Å². The van der Waals surface area contributed by atoms with Crippen molar-refractivity contribution in [2.75, 3.05) is 0 Å². The lowest BCUT2D eigenvalue weighted by atomic mass is 10.0. The summed E-state index contributed by atoms with van der Waals surface area (Å²) in [6.07, 6.45) is 7.04. The number of nitrogens with zero attached hydrogens (tertiary/aromatic N) is 3. The van der Waals surface area contributed by atoms with Crippen molar-refractivity contribution in [3.8, 4) is 22.5 Å². The first-order valence-corrected chi connectivity index (χ1v) is 5.63. The second-order valence-corrected chi connectivity index (χ2v) is 3.77. The van der Waals surface area contributed by atoms with Crippen LogP contribution in [0.15, 0.2) is 61.2 Å². The topological polar surface area (TPSA) is 38.7 Å². The fourth-order valence-electron chi connectivity index (χ4n) is 1.79. The zero-order valence-corrected chi connectivity index (χ0v) is 9.62. The standard InChI is InChI=1S/C15H10N3/c1-2-9-17-14(7-1)13-6-4-10-18-15(13)12-5-3-8-16-11-12/h1-5,7-11H. The zero-order chi connectivity index (χ0) is 12.2. The Morgan fingerprint density at radius 1 is 0.889 bits per heavy atom. The quantitative estimate of drug-likeness (QED) is 0.681. The molecule has 1 radical (unpaired) electrons. The first kappa shape index (κ1) is 10.6. The molecule has 3 nitrogen and oxygen atoms in total. The van der Waals surface area contributed by atoms with Gasteiger partial charge in [-0.05, 0) is 36.4 Å². The molecule has 3 heteroatoms. The van der Waals surface area contributed by atoms with E-state index in [0.29, 0.717) is 0 Å². The molecule has 0 saturated heterocycles. The predicted octanol–water partition coefficient (Wildman–Crippen LogP) is 3.01. The van der Waals surface area contributed by atoms with Crippen LogP contribution >= 0.6 is 0 Å². The van der Waals surface area contributed by atoms with Crippen molar-refractivity contribution in [3.05, 3.63) is 67.3 Å². The number of rotatable bonds is 2. The molecule has 0 aliphatic heterocycles. The van der Waals surface area contributed by atoms with Gasteiger partial charge in [0.15, 0.2) is 0 Å². The van der Waals surface area contributed by atoms with Crippen molar-refractivity contribution in [2.24, 2.45) is 0 Å². The number of hydrogen-bond acceptors (Lipinski definition) is 3. The first-order chi connectivity index (χ1) is 8.95. The maximum atomic E-state index is 4.41. The number of pyridine rings is 3. The highest BCUT2D eigenvalue weighted by Gasteiger charge is 2.08. The van der Waals surface area contributed by atoms with Gasteiger partial charge in [0, 0.05) is 35.9 Å². The van der Waals surface area contributed by atoms with Crippen molar-refractivity contribution in [1.82, 2.24) is 15.0 Å². The van der Waals surface area contributed by atoms with Crippen molar-refractivity contribution in [3.63, 3.8) is 0 Å². The maximum Gasteiger partial charge on any atom is 0.0817 e. The zero-order valence-electron chi connectivity index (χ0n) is 9.62. The summed E-state index contributed by atoms with van der Waals surface area (Å²) in [7, 11) is 0. The van der Waals surface area contributed by atoms with Crippen molar-refractivity contribution >= 4 is 0 Å². The molecule has 0 atom stereocenters. The largest absolute Gasteiger partial charge is 0.264 e. The van der Waals surface area contributed by atoms with Crippen LogP contribution in [0.2, 0.25) is 0 Å². The Kier molecular flexibility index (Phi) is 2.80. The average molecular weight is 232 g/mol. The van der Waals surface area contributed by atoms with Gasteiger partial charge in [0.25, 0.3) is 0 Å². The van der Waals surface area contributed by atoms with E-state index in [9.17, 15) is 0 Å². The molecule has 0 aliphatic rings. The maximum absolute atomic E-state index is 4.41. The summed E-state index contributed by atoms with van der Waals surface area (Å²) in [5, 5.41) is 0. The van der Waals surface area contributed by atoms with E-state index in [1.165, 1.54) is 0 Å². The Morgan fingerprint density at radius 3 is 2.67 bits per heavy atom. The second-order valence-electron chi connectivity index (χ2n) is 3.77. The summed E-state index contributed by atoms with van der Waals surface area (Å²) in [6, 6.07) is 14.7. The molecule has 3 rings (SSSR count). The highest BCUT2D eigenvalue weighted by Crippen LogP contribution is 2.27. The molecule has 3 aromatic rings. The second kappa shape index (κ2) is 4.75. The monoisotopic (exact) mass is 232 g/mol. The van der Waals surface area contributed by atoms with E-state index in [0.717, 1.165) is 22.5 Å². The lowest BCUT2D eigenvalue weighted by Gasteiger charge is -2.06. The summed E-state index contributed by atoms with van der Waals surface area (Å²) in [5.41, 5.74) is 3.58. The Labute approximate surface area is 105 Å². The molecule has 18 heavy (non-hydrogen) atoms. The molecular formula is C15H10N3. The number of aromatic nitrogens is 3. The summed E-state index contributed by atoms with van der Waals surface area (Å²) in [4.78, 5) is 12.9. The normalized spacial score (nSPS) is 10.2. The van der Waals surface area contributed by atoms with Gasteiger partial charge < -0.3 is 0 Å². The van der Waals surface area contributed by atoms with E-state index in [1.54, 1.807) is 30.9 Å². The molecule has 0 aromatic carbocycles. The molecule has 0 unspecified atom stereocenters. The molecule has 0 bridgehead atoms. The third kappa shape index (κ3) is 1.98. The highest BCUT2D eigenvalue weighted by atomic mass is 14.7. The van der Waals surface area contributed by atoms with E-state index in [-0.39, 0.29) is 0 Å². The lowest BCUT2D eigenvalue weighted by molar-refractivity contribution is 1.25. The molecule has 0 amide bonds. The van der Waals surface area contributed by atoms with E-state index >= 15 is 0 Å². The van der Waals surface area contributed by atoms with Gasteiger partial charge in [-0.2, -0.15) is 0 Å². The van der Waals surface area contributed by atoms with Gasteiger partial charge >= 0.3 is 0 Å². The highest BCUT2D eigenvalue weighted by molar-refractivity contribution is 5.77. The Morgan fingerprint density at radius 2 is 1.89 bits per heavy atom. The van der Waals surface area contributed by atoms with Crippen LogP contribution in [0.5, 0.6) is 0 Å². The van der Waals surface area contributed by atoms with Crippen LogP contribution in [-0.4, -0.2) is 15.0 Å². The van der Waals surface area contributed by atoms with Crippen molar-refractivity contribution < 1.29 is 0 Å². The van der Waals surface area contributed by atoms with Crippen LogP contribution in [0.4, 0.5) is 0 Å². The Bertz CT molecular complexity index is 578. The predicted molar refractivity (Wildman–Crippen MR) is 69.5 cm³/mol. The molecular weight excluding hydrogens is 222 g/mol. The SMILES string of the molecule is [c]1ccnc(-c2cccnc2)c1-c1ccccn1. The first-order valence-electron chi connectivity index (χ1n) is 5.63. The van der Waals surface area contributed by atoms with Crippen LogP contribution in [0.1, 0.15) is 0 Å². The minimum absolute atomic E-state index is 0.851. The van der Waals surface area contributed by atoms with Crippen molar-refractivity contribution in [1.29, 1.82) is 0 Å². The van der Waals surface area contributed by atoms with Gasteiger partial charge in [-0.1, -0.05) is 6.07 Å². The van der Waals surface area contributed by atoms with E-state index < -0.39 is 0 Å².